The summed E-state index contributed by atoms with van der Waals surface area (Å²) in [6.07, 6.45) is -0.339. The molecule has 1 rings (SSSR count). The number of imide groups is 1. The van der Waals surface area contributed by atoms with Crippen LogP contribution in [0.3, 0.4) is 0 Å². The van der Waals surface area contributed by atoms with Crippen LogP contribution >= 0.6 is 11.6 Å². The first-order chi connectivity index (χ1) is 8.11. The predicted molar refractivity (Wildman–Crippen MR) is 62.1 cm³/mol. The van der Waals surface area contributed by atoms with Crippen LogP contribution in [0.25, 0.3) is 0 Å². The van der Waals surface area contributed by atoms with Crippen molar-refractivity contribution in [2.75, 3.05) is 0 Å². The minimum atomic E-state index is -0.625. The van der Waals surface area contributed by atoms with Gasteiger partial charge in [-0.05, 0) is 17.7 Å². The van der Waals surface area contributed by atoms with E-state index in [1.165, 1.54) is 0 Å². The van der Waals surface area contributed by atoms with Gasteiger partial charge in [-0.1, -0.05) is 23.7 Å². The summed E-state index contributed by atoms with van der Waals surface area (Å²) in [5.74, 6) is -0.624. The van der Waals surface area contributed by atoms with Gasteiger partial charge in [0.2, 0.25) is 5.91 Å². The van der Waals surface area contributed by atoms with E-state index < -0.39 is 11.9 Å². The van der Waals surface area contributed by atoms with Crippen LogP contribution in [-0.2, 0) is 11.3 Å². The second kappa shape index (κ2) is 6.51. The van der Waals surface area contributed by atoms with Crippen LogP contribution in [0.5, 0.6) is 0 Å². The van der Waals surface area contributed by atoms with Gasteiger partial charge >= 0.3 is 6.03 Å². The van der Waals surface area contributed by atoms with E-state index in [2.05, 4.69) is 5.32 Å². The summed E-state index contributed by atoms with van der Waals surface area (Å²) in [5.41, 5.74) is 0.859. The number of urea groups is 1. The van der Waals surface area contributed by atoms with E-state index in [0.29, 0.717) is 5.02 Å². The lowest BCUT2D eigenvalue weighted by Crippen LogP contribution is -2.38. The van der Waals surface area contributed by atoms with Gasteiger partial charge < -0.3 is 5.32 Å². The molecule has 0 saturated heterocycles. The number of hydrogen-bond donors (Lipinski definition) is 2. The van der Waals surface area contributed by atoms with Crippen molar-refractivity contribution in [2.45, 2.75) is 13.0 Å². The van der Waals surface area contributed by atoms with Crippen molar-refractivity contribution in [3.63, 3.8) is 0 Å². The Bertz CT molecular complexity index is 451. The predicted octanol–water partition coefficient (Wildman–Crippen LogP) is 1.58. The van der Waals surface area contributed by atoms with Crippen LogP contribution in [0.4, 0.5) is 4.79 Å². The molecule has 0 fully saturated rings. The average Bonchev–Trinajstić information content (AvgIpc) is 2.28. The maximum Gasteiger partial charge on any atom is 0.321 e. The third-order valence-corrected chi connectivity index (χ3v) is 2.11. The lowest BCUT2D eigenvalue weighted by molar-refractivity contribution is -0.119. The quantitative estimate of drug-likeness (QED) is 0.856. The summed E-state index contributed by atoms with van der Waals surface area (Å²) < 4.78 is 0. The molecular formula is C11H10ClN3O2. The van der Waals surface area contributed by atoms with Gasteiger partial charge in [-0.2, -0.15) is 5.26 Å². The molecule has 0 aliphatic rings. The molecule has 5 nitrogen and oxygen atoms in total. The minimum absolute atomic E-state index is 0.281. The SMILES string of the molecule is N#CCC(=O)NC(=O)NCc1ccc(Cl)cc1. The van der Waals surface area contributed by atoms with Crippen molar-refractivity contribution in [2.24, 2.45) is 0 Å². The summed E-state index contributed by atoms with van der Waals surface area (Å²) in [7, 11) is 0. The van der Waals surface area contributed by atoms with E-state index >= 15 is 0 Å². The van der Waals surface area contributed by atoms with Crippen LogP contribution in [0.15, 0.2) is 24.3 Å². The van der Waals surface area contributed by atoms with Crippen LogP contribution in [0.2, 0.25) is 5.02 Å². The Morgan fingerprint density at radius 2 is 1.94 bits per heavy atom. The molecule has 0 bridgehead atoms. The number of carbonyl (C=O) groups is 2. The number of nitrogens with one attached hydrogen (secondary N) is 2. The van der Waals surface area contributed by atoms with Gasteiger partial charge in [0.1, 0.15) is 6.42 Å². The number of rotatable bonds is 3. The van der Waals surface area contributed by atoms with Crippen molar-refractivity contribution in [1.29, 1.82) is 5.26 Å². The Morgan fingerprint density at radius 1 is 1.29 bits per heavy atom. The number of hydrogen-bond acceptors (Lipinski definition) is 3. The van der Waals surface area contributed by atoms with E-state index in [9.17, 15) is 9.59 Å². The molecule has 0 heterocycles. The molecule has 88 valence electrons. The van der Waals surface area contributed by atoms with E-state index in [1.807, 2.05) is 5.32 Å². The van der Waals surface area contributed by atoms with Crippen LogP contribution in [0, 0.1) is 11.3 Å². The Balaban J connectivity index is 2.36. The summed E-state index contributed by atoms with van der Waals surface area (Å²) in [6.45, 7) is 0.281. The third-order valence-electron chi connectivity index (χ3n) is 1.86. The zero-order chi connectivity index (χ0) is 12.7. The standard InChI is InChI=1S/C11H10ClN3O2/c12-9-3-1-8(2-4-9)7-14-11(17)15-10(16)5-6-13/h1-4H,5,7H2,(H2,14,15,16,17). The molecule has 17 heavy (non-hydrogen) atoms. The highest BCUT2D eigenvalue weighted by Crippen LogP contribution is 2.08. The first kappa shape index (κ1) is 13.0. The molecule has 1 aromatic carbocycles. The Hall–Kier alpha value is -2.06. The van der Waals surface area contributed by atoms with Gasteiger partial charge in [-0.15, -0.1) is 0 Å². The molecule has 0 aliphatic heterocycles. The van der Waals surface area contributed by atoms with Crippen LogP contribution in [-0.4, -0.2) is 11.9 Å². The van der Waals surface area contributed by atoms with Crippen molar-refractivity contribution in [1.82, 2.24) is 10.6 Å². The lowest BCUT2D eigenvalue weighted by Gasteiger charge is -2.05. The molecule has 0 saturated carbocycles. The fraction of sp³-hybridized carbons (Fsp3) is 0.182. The zero-order valence-corrected chi connectivity index (χ0v) is 9.62. The molecule has 0 unspecified atom stereocenters. The topological polar surface area (TPSA) is 82.0 Å². The lowest BCUT2D eigenvalue weighted by atomic mass is 10.2. The Kier molecular flexibility index (Phi) is 4.98. The third kappa shape index (κ3) is 5.00. The summed E-state index contributed by atoms with van der Waals surface area (Å²) >= 11 is 5.70. The van der Waals surface area contributed by atoms with E-state index in [4.69, 9.17) is 16.9 Å². The Morgan fingerprint density at radius 3 is 2.53 bits per heavy atom. The van der Waals surface area contributed by atoms with Gasteiger partial charge in [0, 0.05) is 11.6 Å². The highest BCUT2D eigenvalue weighted by molar-refractivity contribution is 6.30. The van der Waals surface area contributed by atoms with Gasteiger partial charge in [-0.25, -0.2) is 4.79 Å². The van der Waals surface area contributed by atoms with Gasteiger partial charge in [0.15, 0.2) is 0 Å². The summed E-state index contributed by atoms with van der Waals surface area (Å²) in [6, 6.07) is 7.96. The van der Waals surface area contributed by atoms with E-state index in [1.54, 1.807) is 30.3 Å². The van der Waals surface area contributed by atoms with Crippen LogP contribution < -0.4 is 10.6 Å². The van der Waals surface area contributed by atoms with Gasteiger partial charge in [0.05, 0.1) is 6.07 Å². The molecular weight excluding hydrogens is 242 g/mol. The number of nitriles is 1. The number of halogens is 1. The average molecular weight is 252 g/mol. The number of benzene rings is 1. The largest absolute Gasteiger partial charge is 0.334 e. The Labute approximate surface area is 103 Å². The fourth-order valence-corrected chi connectivity index (χ4v) is 1.20. The smallest absolute Gasteiger partial charge is 0.321 e. The summed E-state index contributed by atoms with van der Waals surface area (Å²) in [5, 5.41) is 13.4. The zero-order valence-electron chi connectivity index (χ0n) is 8.87. The minimum Gasteiger partial charge on any atom is -0.334 e. The van der Waals surface area contributed by atoms with Gasteiger partial charge in [0.25, 0.3) is 0 Å². The highest BCUT2D eigenvalue weighted by Gasteiger charge is 2.05. The molecule has 6 heteroatoms. The van der Waals surface area contributed by atoms with Gasteiger partial charge in [-0.3, -0.25) is 10.1 Å². The van der Waals surface area contributed by atoms with Crippen molar-refractivity contribution < 1.29 is 9.59 Å². The monoisotopic (exact) mass is 251 g/mol. The maximum absolute atomic E-state index is 11.2. The molecule has 0 aromatic heterocycles. The second-order valence-corrected chi connectivity index (χ2v) is 3.63. The first-order valence-corrected chi connectivity index (χ1v) is 5.18. The number of carbonyl (C=O) groups excluding carboxylic acids is 2. The second-order valence-electron chi connectivity index (χ2n) is 3.19. The number of nitrogens with zero attached hydrogens (tertiary/aromatic N) is 1. The maximum atomic E-state index is 11.2. The summed E-state index contributed by atoms with van der Waals surface area (Å²) in [4.78, 5) is 22.1. The molecule has 0 spiro atoms. The highest BCUT2D eigenvalue weighted by atomic mass is 35.5. The normalized spacial score (nSPS) is 9.18. The molecule has 2 N–H and O–H groups in total. The van der Waals surface area contributed by atoms with E-state index in [-0.39, 0.29) is 13.0 Å². The molecule has 3 amide bonds. The molecule has 1 aromatic rings. The number of amides is 3. The molecule has 0 atom stereocenters. The molecule has 0 radical (unpaired) electrons. The van der Waals surface area contributed by atoms with E-state index in [0.717, 1.165) is 5.56 Å². The first-order valence-electron chi connectivity index (χ1n) is 4.81. The van der Waals surface area contributed by atoms with Crippen molar-refractivity contribution in [3.8, 4) is 6.07 Å². The van der Waals surface area contributed by atoms with Crippen LogP contribution in [0.1, 0.15) is 12.0 Å². The van der Waals surface area contributed by atoms with Crippen molar-refractivity contribution >= 4 is 23.5 Å². The fourth-order valence-electron chi connectivity index (χ4n) is 1.07. The molecule has 0 aliphatic carbocycles. The van der Waals surface area contributed by atoms with Crippen molar-refractivity contribution in [3.05, 3.63) is 34.9 Å².